The molecular formula is C16H20N2. The van der Waals surface area contributed by atoms with Crippen LogP contribution in [0.3, 0.4) is 0 Å². The number of benzene rings is 1. The van der Waals surface area contributed by atoms with Gasteiger partial charge in [0.15, 0.2) is 0 Å². The molecule has 2 aromatic rings. The van der Waals surface area contributed by atoms with Crippen molar-refractivity contribution in [1.82, 2.24) is 9.88 Å². The van der Waals surface area contributed by atoms with Gasteiger partial charge in [-0.25, -0.2) is 0 Å². The van der Waals surface area contributed by atoms with Gasteiger partial charge >= 0.3 is 0 Å². The van der Waals surface area contributed by atoms with Crippen LogP contribution in [0.4, 0.5) is 0 Å². The Hall–Kier alpha value is -1.41. The van der Waals surface area contributed by atoms with Crippen molar-refractivity contribution in [2.45, 2.75) is 33.2 Å². The van der Waals surface area contributed by atoms with E-state index in [1.54, 1.807) is 0 Å². The molecule has 0 aliphatic carbocycles. The number of aryl methyl sites for hydroxylation is 2. The molecule has 0 unspecified atom stereocenters. The van der Waals surface area contributed by atoms with E-state index < -0.39 is 0 Å². The molecule has 1 aromatic heterocycles. The number of nitrogens with zero attached hydrogens (tertiary/aromatic N) is 2. The molecule has 0 atom stereocenters. The van der Waals surface area contributed by atoms with Crippen LogP contribution in [0, 0.1) is 6.92 Å². The lowest BCUT2D eigenvalue weighted by Gasteiger charge is -2.19. The number of rotatable bonds is 1. The Morgan fingerprint density at radius 2 is 2.11 bits per heavy atom. The fraction of sp³-hybridized carbons (Fsp3) is 0.438. The van der Waals surface area contributed by atoms with Crippen molar-refractivity contribution in [2.75, 3.05) is 13.1 Å². The predicted molar refractivity (Wildman–Crippen MR) is 75.8 cm³/mol. The predicted octanol–water partition coefficient (Wildman–Crippen LogP) is 3.31. The summed E-state index contributed by atoms with van der Waals surface area (Å²) in [5.41, 5.74) is 5.37. The zero-order chi connectivity index (χ0) is 12.5. The molecule has 18 heavy (non-hydrogen) atoms. The number of pyridine rings is 1. The highest BCUT2D eigenvalue weighted by Crippen LogP contribution is 2.26. The van der Waals surface area contributed by atoms with Crippen LogP contribution in [0.1, 0.15) is 30.2 Å². The van der Waals surface area contributed by atoms with Gasteiger partial charge in [-0.05, 0) is 50.0 Å². The topological polar surface area (TPSA) is 16.1 Å². The van der Waals surface area contributed by atoms with Crippen molar-refractivity contribution in [3.05, 3.63) is 41.1 Å². The third-order valence-corrected chi connectivity index (χ3v) is 4.08. The summed E-state index contributed by atoms with van der Waals surface area (Å²) in [6, 6.07) is 8.51. The average molecular weight is 240 g/mol. The van der Waals surface area contributed by atoms with Gasteiger partial charge in [-0.15, -0.1) is 0 Å². The quantitative estimate of drug-likeness (QED) is 0.760. The summed E-state index contributed by atoms with van der Waals surface area (Å²) in [6.07, 6.45) is 2.35. The largest absolute Gasteiger partial charge is 0.299 e. The Bertz CT molecular complexity index is 575. The number of hydrogen-bond acceptors (Lipinski definition) is 2. The van der Waals surface area contributed by atoms with E-state index in [1.807, 2.05) is 0 Å². The fourth-order valence-corrected chi connectivity index (χ4v) is 2.94. The van der Waals surface area contributed by atoms with Crippen LogP contribution < -0.4 is 0 Å². The van der Waals surface area contributed by atoms with E-state index in [0.717, 1.165) is 25.0 Å². The summed E-state index contributed by atoms with van der Waals surface area (Å²) in [5, 5.41) is 1.31. The van der Waals surface area contributed by atoms with E-state index in [4.69, 9.17) is 4.98 Å². The number of para-hydroxylation sites is 1. The Labute approximate surface area is 109 Å². The fourth-order valence-electron chi connectivity index (χ4n) is 2.94. The maximum atomic E-state index is 4.88. The van der Waals surface area contributed by atoms with Crippen LogP contribution in [0.2, 0.25) is 0 Å². The second-order valence-corrected chi connectivity index (χ2v) is 5.15. The Morgan fingerprint density at radius 3 is 2.94 bits per heavy atom. The van der Waals surface area contributed by atoms with Gasteiger partial charge in [0.25, 0.3) is 0 Å². The van der Waals surface area contributed by atoms with Gasteiger partial charge in [-0.2, -0.15) is 0 Å². The highest BCUT2D eigenvalue weighted by atomic mass is 15.1. The lowest BCUT2D eigenvalue weighted by Crippen LogP contribution is -2.23. The van der Waals surface area contributed by atoms with Gasteiger partial charge in [0.05, 0.1) is 5.52 Å². The van der Waals surface area contributed by atoms with Crippen molar-refractivity contribution >= 4 is 10.9 Å². The molecule has 0 spiro atoms. The summed E-state index contributed by atoms with van der Waals surface area (Å²) < 4.78 is 0. The molecule has 0 saturated carbocycles. The summed E-state index contributed by atoms with van der Waals surface area (Å²) in [7, 11) is 0. The van der Waals surface area contributed by atoms with E-state index >= 15 is 0 Å². The molecule has 0 saturated heterocycles. The minimum absolute atomic E-state index is 1.06. The molecule has 2 nitrogen and oxygen atoms in total. The van der Waals surface area contributed by atoms with Crippen molar-refractivity contribution in [3.63, 3.8) is 0 Å². The highest BCUT2D eigenvalue weighted by molar-refractivity contribution is 5.83. The van der Waals surface area contributed by atoms with Crippen LogP contribution in [0.25, 0.3) is 10.9 Å². The summed E-state index contributed by atoms with van der Waals surface area (Å²) in [5.74, 6) is 0. The third kappa shape index (κ3) is 1.91. The Morgan fingerprint density at radius 1 is 1.28 bits per heavy atom. The minimum Gasteiger partial charge on any atom is -0.299 e. The van der Waals surface area contributed by atoms with Crippen LogP contribution in [0.15, 0.2) is 24.3 Å². The summed E-state index contributed by atoms with van der Waals surface area (Å²) in [6.45, 7) is 7.89. The van der Waals surface area contributed by atoms with E-state index in [1.165, 1.54) is 35.2 Å². The van der Waals surface area contributed by atoms with E-state index in [9.17, 15) is 0 Å². The second kappa shape index (κ2) is 4.69. The highest BCUT2D eigenvalue weighted by Gasteiger charge is 2.17. The molecule has 0 bridgehead atoms. The lowest BCUT2D eigenvalue weighted by molar-refractivity contribution is 0.284. The molecule has 1 aliphatic heterocycles. The van der Waals surface area contributed by atoms with Gasteiger partial charge in [0.2, 0.25) is 0 Å². The normalized spacial score (nSPS) is 16.6. The molecule has 0 fully saturated rings. The Balaban J connectivity index is 2.18. The van der Waals surface area contributed by atoms with Crippen LogP contribution >= 0.6 is 0 Å². The molecule has 0 N–H and O–H groups in total. The monoisotopic (exact) mass is 240 g/mol. The average Bonchev–Trinajstić information content (AvgIpc) is 2.61. The number of hydrogen-bond donors (Lipinski definition) is 0. The van der Waals surface area contributed by atoms with Crippen LogP contribution in [0.5, 0.6) is 0 Å². The Kier molecular flexibility index (Phi) is 3.04. The zero-order valence-corrected chi connectivity index (χ0v) is 11.2. The molecule has 0 radical (unpaired) electrons. The van der Waals surface area contributed by atoms with E-state index in [0.29, 0.717) is 0 Å². The molecule has 2 heterocycles. The first-order chi connectivity index (χ1) is 8.79. The van der Waals surface area contributed by atoms with Gasteiger partial charge in [0, 0.05) is 17.6 Å². The third-order valence-electron chi connectivity index (χ3n) is 4.08. The summed E-state index contributed by atoms with van der Waals surface area (Å²) in [4.78, 5) is 7.40. The number of fused-ring (bicyclic) bond motifs is 2. The molecule has 3 rings (SSSR count). The number of aromatic nitrogens is 1. The first-order valence-corrected chi connectivity index (χ1v) is 6.89. The first-order valence-electron chi connectivity index (χ1n) is 6.89. The van der Waals surface area contributed by atoms with E-state index in [-0.39, 0.29) is 0 Å². The molecule has 0 amide bonds. The molecule has 1 aromatic carbocycles. The van der Waals surface area contributed by atoms with E-state index in [2.05, 4.69) is 43.0 Å². The maximum Gasteiger partial charge on any atom is 0.0708 e. The van der Waals surface area contributed by atoms with Gasteiger partial charge < -0.3 is 0 Å². The SMILES string of the molecule is CCN1CCCc2nc3ccccc3c(C)c2C1. The first kappa shape index (κ1) is 11.7. The smallest absolute Gasteiger partial charge is 0.0708 e. The molecular weight excluding hydrogens is 220 g/mol. The van der Waals surface area contributed by atoms with Crippen LogP contribution in [-0.2, 0) is 13.0 Å². The maximum absolute atomic E-state index is 4.88. The van der Waals surface area contributed by atoms with Gasteiger partial charge in [-0.3, -0.25) is 9.88 Å². The zero-order valence-electron chi connectivity index (χ0n) is 11.2. The molecule has 2 heteroatoms. The van der Waals surface area contributed by atoms with Crippen molar-refractivity contribution in [2.24, 2.45) is 0 Å². The molecule has 94 valence electrons. The van der Waals surface area contributed by atoms with Crippen molar-refractivity contribution in [1.29, 1.82) is 0 Å². The lowest BCUT2D eigenvalue weighted by atomic mass is 10.00. The summed E-state index contributed by atoms with van der Waals surface area (Å²) >= 11 is 0. The molecule has 1 aliphatic rings. The standard InChI is InChI=1S/C16H20N2/c1-3-18-10-6-9-16-14(11-18)12(2)13-7-4-5-8-15(13)17-16/h4-5,7-8H,3,6,9-11H2,1-2H3. The van der Waals surface area contributed by atoms with Gasteiger partial charge in [0.1, 0.15) is 0 Å². The van der Waals surface area contributed by atoms with Crippen LogP contribution in [-0.4, -0.2) is 23.0 Å². The van der Waals surface area contributed by atoms with Crippen molar-refractivity contribution < 1.29 is 0 Å². The minimum atomic E-state index is 1.06. The second-order valence-electron chi connectivity index (χ2n) is 5.15. The van der Waals surface area contributed by atoms with Crippen molar-refractivity contribution in [3.8, 4) is 0 Å². The van der Waals surface area contributed by atoms with Gasteiger partial charge in [-0.1, -0.05) is 25.1 Å².